The number of carbonyl (C=O) groups excluding carboxylic acids is 2. The fourth-order valence-corrected chi connectivity index (χ4v) is 3.16. The van der Waals surface area contributed by atoms with E-state index >= 15 is 0 Å². The molecule has 0 saturated heterocycles. The van der Waals surface area contributed by atoms with E-state index in [1.165, 1.54) is 0 Å². The van der Waals surface area contributed by atoms with Gasteiger partial charge in [-0.1, -0.05) is 30.3 Å². The van der Waals surface area contributed by atoms with Crippen LogP contribution >= 0.6 is 0 Å². The first-order chi connectivity index (χ1) is 14.1. The summed E-state index contributed by atoms with van der Waals surface area (Å²) in [6.45, 7) is 0.434. The van der Waals surface area contributed by atoms with Crippen LogP contribution < -0.4 is 19.7 Å². The van der Waals surface area contributed by atoms with Crippen LogP contribution in [0, 0.1) is 0 Å². The molecule has 29 heavy (non-hydrogen) atoms. The van der Waals surface area contributed by atoms with Crippen molar-refractivity contribution in [1.29, 1.82) is 0 Å². The van der Waals surface area contributed by atoms with Gasteiger partial charge in [-0.05, 0) is 48.0 Å². The number of anilines is 2. The third-order valence-corrected chi connectivity index (χ3v) is 4.70. The molecule has 0 aliphatic carbocycles. The predicted molar refractivity (Wildman–Crippen MR) is 111 cm³/mol. The number of benzene rings is 3. The van der Waals surface area contributed by atoms with Gasteiger partial charge in [0, 0.05) is 11.3 Å². The summed E-state index contributed by atoms with van der Waals surface area (Å²) >= 11 is 0. The molecule has 1 aliphatic rings. The van der Waals surface area contributed by atoms with Gasteiger partial charge in [0.2, 0.25) is 0 Å². The summed E-state index contributed by atoms with van der Waals surface area (Å²) in [4.78, 5) is 26.7. The molecule has 6 heteroatoms. The Kier molecular flexibility index (Phi) is 5.16. The van der Waals surface area contributed by atoms with Crippen LogP contribution in [0.25, 0.3) is 0 Å². The summed E-state index contributed by atoms with van der Waals surface area (Å²) in [7, 11) is 1.58. The Balaban J connectivity index is 1.57. The maximum Gasteiger partial charge on any atom is 0.265 e. The van der Waals surface area contributed by atoms with Crippen LogP contribution in [0.1, 0.15) is 15.9 Å². The zero-order valence-electron chi connectivity index (χ0n) is 15.9. The number of nitrogens with zero attached hydrogens (tertiary/aromatic N) is 1. The minimum atomic E-state index is -0.245. The molecular weight excluding hydrogens is 368 g/mol. The predicted octanol–water partition coefficient (Wildman–Crippen LogP) is 3.87. The number of ether oxygens (including phenoxy) is 2. The molecule has 2 amide bonds. The summed E-state index contributed by atoms with van der Waals surface area (Å²) in [5.41, 5.74) is 2.75. The number of nitrogens with one attached hydrogen (secondary N) is 1. The summed E-state index contributed by atoms with van der Waals surface area (Å²) < 4.78 is 10.7. The molecule has 3 aromatic rings. The molecule has 146 valence electrons. The molecule has 0 spiro atoms. The third kappa shape index (κ3) is 4.06. The van der Waals surface area contributed by atoms with Gasteiger partial charge < -0.3 is 19.7 Å². The van der Waals surface area contributed by atoms with Crippen LogP contribution in [-0.4, -0.2) is 25.5 Å². The molecule has 0 atom stereocenters. The van der Waals surface area contributed by atoms with E-state index in [0.717, 1.165) is 5.56 Å². The molecule has 1 heterocycles. The number of hydrogen-bond acceptors (Lipinski definition) is 4. The van der Waals surface area contributed by atoms with Crippen LogP contribution in [0.2, 0.25) is 0 Å². The van der Waals surface area contributed by atoms with E-state index in [-0.39, 0.29) is 18.4 Å². The highest BCUT2D eigenvalue weighted by molar-refractivity contribution is 6.05. The van der Waals surface area contributed by atoms with Crippen LogP contribution in [0.15, 0.2) is 72.8 Å². The highest BCUT2D eigenvalue weighted by Gasteiger charge is 2.26. The average Bonchev–Trinajstić information content (AvgIpc) is 2.76. The monoisotopic (exact) mass is 388 g/mol. The van der Waals surface area contributed by atoms with Crippen LogP contribution in [-0.2, 0) is 11.3 Å². The molecule has 1 N–H and O–H groups in total. The maximum atomic E-state index is 12.6. The first kappa shape index (κ1) is 18.6. The average molecular weight is 388 g/mol. The van der Waals surface area contributed by atoms with E-state index in [1.807, 2.05) is 30.3 Å². The maximum absolute atomic E-state index is 12.6. The van der Waals surface area contributed by atoms with Gasteiger partial charge in [-0.2, -0.15) is 0 Å². The number of methoxy groups -OCH3 is 1. The topological polar surface area (TPSA) is 67.9 Å². The minimum Gasteiger partial charge on any atom is -0.497 e. The molecule has 6 nitrogen and oxygen atoms in total. The van der Waals surface area contributed by atoms with Gasteiger partial charge >= 0.3 is 0 Å². The molecule has 0 unspecified atom stereocenters. The second kappa shape index (κ2) is 8.06. The van der Waals surface area contributed by atoms with Gasteiger partial charge in [-0.15, -0.1) is 0 Å². The van der Waals surface area contributed by atoms with E-state index < -0.39 is 0 Å². The number of carbonyl (C=O) groups is 2. The lowest BCUT2D eigenvalue weighted by Crippen LogP contribution is -2.38. The SMILES string of the molecule is COc1ccc(C(=O)Nc2ccc3c(c2)N(Cc2ccccc2)C(=O)CO3)cc1. The molecule has 4 rings (SSSR count). The Bertz CT molecular complexity index is 1030. The summed E-state index contributed by atoms with van der Waals surface area (Å²) in [5, 5.41) is 2.87. The van der Waals surface area contributed by atoms with Crippen LogP contribution in [0.3, 0.4) is 0 Å². The summed E-state index contributed by atoms with van der Waals surface area (Å²) in [6, 6.07) is 21.9. The van der Waals surface area contributed by atoms with Gasteiger partial charge in [-0.25, -0.2) is 0 Å². The van der Waals surface area contributed by atoms with Gasteiger partial charge in [-0.3, -0.25) is 9.59 Å². The minimum absolute atomic E-state index is 0.00259. The molecule has 3 aromatic carbocycles. The van der Waals surface area contributed by atoms with Crippen molar-refractivity contribution < 1.29 is 19.1 Å². The fraction of sp³-hybridized carbons (Fsp3) is 0.130. The molecular formula is C23H20N2O4. The number of hydrogen-bond donors (Lipinski definition) is 1. The lowest BCUT2D eigenvalue weighted by molar-refractivity contribution is -0.121. The molecule has 0 saturated carbocycles. The van der Waals surface area contributed by atoms with Crippen molar-refractivity contribution in [2.24, 2.45) is 0 Å². The van der Waals surface area contributed by atoms with Gasteiger partial charge in [0.15, 0.2) is 6.61 Å². The normalized spacial score (nSPS) is 12.7. The Morgan fingerprint density at radius 3 is 2.55 bits per heavy atom. The van der Waals surface area contributed by atoms with E-state index in [1.54, 1.807) is 54.5 Å². The summed E-state index contributed by atoms with van der Waals surface area (Å²) in [5.74, 6) is 0.927. The first-order valence-electron chi connectivity index (χ1n) is 9.20. The Morgan fingerprint density at radius 2 is 1.83 bits per heavy atom. The smallest absolute Gasteiger partial charge is 0.265 e. The zero-order chi connectivity index (χ0) is 20.2. The van der Waals surface area contributed by atoms with Crippen molar-refractivity contribution in [2.75, 3.05) is 23.9 Å². The third-order valence-electron chi connectivity index (χ3n) is 4.70. The lowest BCUT2D eigenvalue weighted by Gasteiger charge is -2.30. The molecule has 0 radical (unpaired) electrons. The lowest BCUT2D eigenvalue weighted by atomic mass is 10.1. The fourth-order valence-electron chi connectivity index (χ4n) is 3.16. The number of amides is 2. The quantitative estimate of drug-likeness (QED) is 0.720. The van der Waals surface area contributed by atoms with Gasteiger partial charge in [0.1, 0.15) is 11.5 Å². The van der Waals surface area contributed by atoms with Gasteiger partial charge in [0.25, 0.3) is 11.8 Å². The van der Waals surface area contributed by atoms with Crippen molar-refractivity contribution >= 4 is 23.2 Å². The second-order valence-corrected chi connectivity index (χ2v) is 6.62. The number of fused-ring (bicyclic) bond motifs is 1. The Morgan fingerprint density at radius 1 is 1.07 bits per heavy atom. The van der Waals surface area contributed by atoms with Crippen molar-refractivity contribution in [3.63, 3.8) is 0 Å². The summed E-state index contributed by atoms with van der Waals surface area (Å²) in [6.07, 6.45) is 0. The van der Waals surface area contributed by atoms with E-state index in [2.05, 4.69) is 5.32 Å². The highest BCUT2D eigenvalue weighted by Crippen LogP contribution is 2.35. The van der Waals surface area contributed by atoms with Crippen molar-refractivity contribution in [1.82, 2.24) is 0 Å². The Labute approximate surface area is 168 Å². The van der Waals surface area contributed by atoms with E-state index in [4.69, 9.17) is 9.47 Å². The Hall–Kier alpha value is -3.80. The van der Waals surface area contributed by atoms with Crippen molar-refractivity contribution in [3.05, 3.63) is 83.9 Å². The highest BCUT2D eigenvalue weighted by atomic mass is 16.5. The van der Waals surface area contributed by atoms with Crippen molar-refractivity contribution in [3.8, 4) is 11.5 Å². The largest absolute Gasteiger partial charge is 0.497 e. The van der Waals surface area contributed by atoms with Crippen LogP contribution in [0.4, 0.5) is 11.4 Å². The molecule has 0 fully saturated rings. The second-order valence-electron chi connectivity index (χ2n) is 6.62. The first-order valence-corrected chi connectivity index (χ1v) is 9.20. The van der Waals surface area contributed by atoms with E-state index in [0.29, 0.717) is 35.0 Å². The molecule has 0 aromatic heterocycles. The van der Waals surface area contributed by atoms with Gasteiger partial charge in [0.05, 0.1) is 19.3 Å². The number of rotatable bonds is 5. The van der Waals surface area contributed by atoms with E-state index in [9.17, 15) is 9.59 Å². The zero-order valence-corrected chi connectivity index (χ0v) is 15.9. The van der Waals surface area contributed by atoms with Crippen LogP contribution in [0.5, 0.6) is 11.5 Å². The van der Waals surface area contributed by atoms with Crippen molar-refractivity contribution in [2.45, 2.75) is 6.54 Å². The molecule has 1 aliphatic heterocycles. The standard InChI is InChI=1S/C23H20N2O4/c1-28-19-10-7-17(8-11-19)23(27)24-18-9-12-21-20(13-18)25(22(26)15-29-21)14-16-5-3-2-4-6-16/h2-13H,14-15H2,1H3,(H,24,27). The molecule has 0 bridgehead atoms.